The van der Waals surface area contributed by atoms with Crippen LogP contribution in [0.15, 0.2) is 18.2 Å². The maximum atomic E-state index is 9.51. The second-order valence-corrected chi connectivity index (χ2v) is 8.79. The van der Waals surface area contributed by atoms with Crippen molar-refractivity contribution in [2.75, 3.05) is 20.3 Å². The Balaban J connectivity index is 1.48. The van der Waals surface area contributed by atoms with Crippen LogP contribution in [0.3, 0.4) is 0 Å². The molecule has 0 amide bonds. The van der Waals surface area contributed by atoms with Gasteiger partial charge in [0.1, 0.15) is 0 Å². The number of methoxy groups -OCH3 is 1. The Morgan fingerprint density at radius 3 is 2.77 bits per heavy atom. The van der Waals surface area contributed by atoms with Gasteiger partial charge in [-0.1, -0.05) is 43.9 Å². The molecule has 1 aromatic rings. The summed E-state index contributed by atoms with van der Waals surface area (Å²) in [6.45, 7) is 1.02. The van der Waals surface area contributed by atoms with Crippen molar-refractivity contribution >= 4 is 0 Å². The van der Waals surface area contributed by atoms with E-state index in [1.54, 1.807) is 18.2 Å². The van der Waals surface area contributed by atoms with E-state index in [1.807, 2.05) is 0 Å². The van der Waals surface area contributed by atoms with Gasteiger partial charge in [-0.2, -0.15) is 0 Å². The summed E-state index contributed by atoms with van der Waals surface area (Å²) in [6, 6.07) is 7.16. The van der Waals surface area contributed by atoms with Crippen molar-refractivity contribution in [2.45, 2.75) is 82.1 Å². The van der Waals surface area contributed by atoms with E-state index in [0.29, 0.717) is 5.92 Å². The normalized spacial score (nSPS) is 28.3. The molecular weight excluding hydrogens is 322 g/mol. The SMILES string of the molecule is COCCCCCCC1CCc2cc([C@@H]3CC[C@](N)(CO)C3)ccc2C1. The van der Waals surface area contributed by atoms with E-state index < -0.39 is 0 Å². The first-order valence-electron chi connectivity index (χ1n) is 10.6. The molecule has 1 saturated carbocycles. The lowest BCUT2D eigenvalue weighted by molar-refractivity contribution is 0.191. The van der Waals surface area contributed by atoms with Crippen molar-refractivity contribution in [2.24, 2.45) is 11.7 Å². The number of nitrogens with two attached hydrogens (primary N) is 1. The van der Waals surface area contributed by atoms with Crippen LogP contribution in [0.2, 0.25) is 0 Å². The van der Waals surface area contributed by atoms with Crippen molar-refractivity contribution < 1.29 is 9.84 Å². The minimum absolute atomic E-state index is 0.113. The zero-order valence-corrected chi connectivity index (χ0v) is 16.5. The second kappa shape index (κ2) is 9.34. The summed E-state index contributed by atoms with van der Waals surface area (Å²) in [5.41, 5.74) is 10.5. The van der Waals surface area contributed by atoms with Crippen LogP contribution in [0.1, 0.15) is 80.4 Å². The Hall–Kier alpha value is -0.900. The van der Waals surface area contributed by atoms with Gasteiger partial charge in [-0.25, -0.2) is 0 Å². The average molecular weight is 360 g/mol. The summed E-state index contributed by atoms with van der Waals surface area (Å²) in [7, 11) is 1.79. The van der Waals surface area contributed by atoms with Crippen LogP contribution in [-0.2, 0) is 17.6 Å². The number of hydrogen-bond donors (Lipinski definition) is 2. The molecule has 1 fully saturated rings. The predicted octanol–water partition coefficient (Wildman–Crippen LogP) is 4.35. The van der Waals surface area contributed by atoms with Gasteiger partial charge in [0, 0.05) is 19.3 Å². The van der Waals surface area contributed by atoms with Crippen LogP contribution in [0.25, 0.3) is 0 Å². The fourth-order valence-electron chi connectivity index (χ4n) is 4.97. The number of hydrogen-bond acceptors (Lipinski definition) is 3. The molecule has 26 heavy (non-hydrogen) atoms. The molecule has 0 saturated heterocycles. The number of ether oxygens (including phenoxy) is 1. The molecule has 3 nitrogen and oxygen atoms in total. The predicted molar refractivity (Wildman–Crippen MR) is 108 cm³/mol. The quantitative estimate of drug-likeness (QED) is 0.645. The topological polar surface area (TPSA) is 55.5 Å². The highest BCUT2D eigenvalue weighted by molar-refractivity contribution is 5.36. The first-order valence-corrected chi connectivity index (χ1v) is 10.6. The molecule has 1 aromatic carbocycles. The molecule has 1 unspecified atom stereocenters. The largest absolute Gasteiger partial charge is 0.394 e. The Bertz CT molecular complexity index is 573. The number of benzene rings is 1. The van der Waals surface area contributed by atoms with Crippen LogP contribution < -0.4 is 5.73 Å². The van der Waals surface area contributed by atoms with Crippen LogP contribution in [0, 0.1) is 5.92 Å². The average Bonchev–Trinajstić information content (AvgIpc) is 3.07. The monoisotopic (exact) mass is 359 g/mol. The summed E-state index contributed by atoms with van der Waals surface area (Å²) in [6.07, 6.45) is 13.4. The van der Waals surface area contributed by atoms with E-state index in [9.17, 15) is 5.11 Å². The van der Waals surface area contributed by atoms with Crippen molar-refractivity contribution in [3.8, 4) is 0 Å². The molecular formula is C23H37NO2. The smallest absolute Gasteiger partial charge is 0.0611 e. The van der Waals surface area contributed by atoms with Gasteiger partial charge in [-0.15, -0.1) is 0 Å². The molecule has 0 radical (unpaired) electrons. The van der Waals surface area contributed by atoms with E-state index in [0.717, 1.165) is 31.8 Å². The van der Waals surface area contributed by atoms with Gasteiger partial charge in [0.2, 0.25) is 0 Å². The number of unbranched alkanes of at least 4 members (excludes halogenated alkanes) is 3. The van der Waals surface area contributed by atoms with Gasteiger partial charge in [0.15, 0.2) is 0 Å². The highest BCUT2D eigenvalue weighted by Gasteiger charge is 2.36. The lowest BCUT2D eigenvalue weighted by Crippen LogP contribution is -2.40. The fraction of sp³-hybridized carbons (Fsp3) is 0.739. The van der Waals surface area contributed by atoms with Crippen molar-refractivity contribution in [3.05, 3.63) is 34.9 Å². The van der Waals surface area contributed by atoms with Gasteiger partial charge in [0.25, 0.3) is 0 Å². The number of fused-ring (bicyclic) bond motifs is 1. The summed E-state index contributed by atoms with van der Waals surface area (Å²) >= 11 is 0. The van der Waals surface area contributed by atoms with Gasteiger partial charge in [-0.05, 0) is 73.5 Å². The molecule has 0 bridgehead atoms. The summed E-state index contributed by atoms with van der Waals surface area (Å²) in [5.74, 6) is 1.40. The molecule has 3 rings (SSSR count). The minimum Gasteiger partial charge on any atom is -0.394 e. The zero-order chi connectivity index (χ0) is 18.4. The highest BCUT2D eigenvalue weighted by Crippen LogP contribution is 2.40. The second-order valence-electron chi connectivity index (χ2n) is 8.79. The molecule has 3 heteroatoms. The fourth-order valence-corrected chi connectivity index (χ4v) is 4.97. The molecule has 0 heterocycles. The van der Waals surface area contributed by atoms with Gasteiger partial charge >= 0.3 is 0 Å². The molecule has 3 N–H and O–H groups in total. The maximum Gasteiger partial charge on any atom is 0.0611 e. The first-order chi connectivity index (χ1) is 12.6. The van der Waals surface area contributed by atoms with Gasteiger partial charge in [-0.3, -0.25) is 0 Å². The van der Waals surface area contributed by atoms with Crippen LogP contribution in [-0.4, -0.2) is 31.0 Å². The summed E-state index contributed by atoms with van der Waals surface area (Å²) in [4.78, 5) is 0. The van der Waals surface area contributed by atoms with Crippen LogP contribution in [0.4, 0.5) is 0 Å². The Morgan fingerprint density at radius 2 is 2.00 bits per heavy atom. The lowest BCUT2D eigenvalue weighted by atomic mass is 9.79. The number of rotatable bonds is 9. The third kappa shape index (κ3) is 5.09. The zero-order valence-electron chi connectivity index (χ0n) is 16.5. The lowest BCUT2D eigenvalue weighted by Gasteiger charge is -2.26. The molecule has 2 aliphatic carbocycles. The van der Waals surface area contributed by atoms with E-state index in [4.69, 9.17) is 10.5 Å². The molecule has 0 aromatic heterocycles. The van der Waals surface area contributed by atoms with E-state index in [1.165, 1.54) is 56.9 Å². The highest BCUT2D eigenvalue weighted by atomic mass is 16.5. The third-order valence-corrected chi connectivity index (χ3v) is 6.70. The van der Waals surface area contributed by atoms with Crippen LogP contribution >= 0.6 is 0 Å². The molecule has 3 atom stereocenters. The molecule has 0 aliphatic heterocycles. The maximum absolute atomic E-state index is 9.51. The number of aryl methyl sites for hydroxylation is 1. The first kappa shape index (κ1) is 19.9. The van der Waals surface area contributed by atoms with Crippen molar-refractivity contribution in [1.82, 2.24) is 0 Å². The molecule has 0 spiro atoms. The van der Waals surface area contributed by atoms with Crippen molar-refractivity contribution in [1.29, 1.82) is 0 Å². The standard InChI is InChI=1S/C23H37NO2/c1-26-13-5-3-2-4-6-18-7-8-20-15-21(10-9-19(20)14-18)22-11-12-23(24,16-22)17-25/h9-10,15,18,22,25H,2-8,11-14,16-17,24H2,1H3/t18?,22-,23-/m1/s1. The molecule has 2 aliphatic rings. The van der Waals surface area contributed by atoms with E-state index >= 15 is 0 Å². The Kier molecular flexibility index (Phi) is 7.13. The Morgan fingerprint density at radius 1 is 1.15 bits per heavy atom. The number of aliphatic hydroxyl groups excluding tert-OH is 1. The van der Waals surface area contributed by atoms with Gasteiger partial charge in [0.05, 0.1) is 6.61 Å². The van der Waals surface area contributed by atoms with Crippen molar-refractivity contribution in [3.63, 3.8) is 0 Å². The third-order valence-electron chi connectivity index (χ3n) is 6.70. The van der Waals surface area contributed by atoms with Crippen LogP contribution in [0.5, 0.6) is 0 Å². The summed E-state index contributed by atoms with van der Waals surface area (Å²) in [5, 5.41) is 9.51. The summed E-state index contributed by atoms with van der Waals surface area (Å²) < 4.78 is 5.12. The minimum atomic E-state index is -0.352. The molecule has 146 valence electrons. The van der Waals surface area contributed by atoms with E-state index in [2.05, 4.69) is 18.2 Å². The van der Waals surface area contributed by atoms with Gasteiger partial charge < -0.3 is 15.6 Å². The van der Waals surface area contributed by atoms with E-state index in [-0.39, 0.29) is 12.1 Å². The Labute approximate surface area is 159 Å². The number of aliphatic hydroxyl groups is 1.